The van der Waals surface area contributed by atoms with Crippen LogP contribution in [0.15, 0.2) is 30.4 Å². The summed E-state index contributed by atoms with van der Waals surface area (Å²) in [5.41, 5.74) is -0.242. The highest BCUT2D eigenvalue weighted by molar-refractivity contribution is 6.23. The van der Waals surface area contributed by atoms with Crippen LogP contribution in [0, 0.1) is 45.6 Å². The molecule has 0 radical (unpaired) electrons. The molecular weight excluding hydrogens is 324 g/mol. The van der Waals surface area contributed by atoms with Crippen LogP contribution in [0.3, 0.4) is 0 Å². The van der Waals surface area contributed by atoms with Gasteiger partial charge >= 0.3 is 0 Å². The van der Waals surface area contributed by atoms with Gasteiger partial charge in [-0.15, -0.1) is 0 Å². The number of imide groups is 1. The second kappa shape index (κ2) is 4.68. The molecule has 1 aliphatic heterocycles. The van der Waals surface area contributed by atoms with Gasteiger partial charge in [0, 0.05) is 0 Å². The van der Waals surface area contributed by atoms with Crippen molar-refractivity contribution in [2.75, 3.05) is 12.0 Å². The summed E-state index contributed by atoms with van der Waals surface area (Å²) in [6.07, 6.45) is 5.24. The molecule has 6 rings (SSSR count). The van der Waals surface area contributed by atoms with Crippen LogP contribution < -0.4 is 9.64 Å². The van der Waals surface area contributed by atoms with E-state index in [0.29, 0.717) is 17.6 Å². The average Bonchev–Trinajstić information content (AvgIpc) is 3.39. The number of carbonyl (C=O) groups is 2. The molecule has 128 valence electrons. The highest BCUT2D eigenvalue weighted by atomic mass is 16.6. The highest BCUT2D eigenvalue weighted by Gasteiger charge is 2.67. The van der Waals surface area contributed by atoms with Gasteiger partial charge in [0.15, 0.2) is 0 Å². The fourth-order valence-electron chi connectivity index (χ4n) is 5.16. The molecule has 2 saturated carbocycles. The highest BCUT2D eigenvalue weighted by Crippen LogP contribution is 2.65. The molecule has 3 fully saturated rings. The molecule has 0 unspecified atom stereocenters. The zero-order chi connectivity index (χ0) is 17.5. The molecule has 1 aromatic rings. The Morgan fingerprint density at radius 2 is 1.72 bits per heavy atom. The van der Waals surface area contributed by atoms with Gasteiger partial charge in [0.25, 0.3) is 5.69 Å². The molecule has 1 aromatic carbocycles. The van der Waals surface area contributed by atoms with E-state index in [-0.39, 0.29) is 46.9 Å². The van der Waals surface area contributed by atoms with Crippen molar-refractivity contribution in [2.24, 2.45) is 35.5 Å². The third-order valence-corrected chi connectivity index (χ3v) is 6.28. The van der Waals surface area contributed by atoms with Crippen LogP contribution in [0.2, 0.25) is 0 Å². The number of methoxy groups -OCH3 is 1. The predicted octanol–water partition coefficient (Wildman–Crippen LogP) is 2.16. The van der Waals surface area contributed by atoms with Gasteiger partial charge in [0.1, 0.15) is 11.4 Å². The van der Waals surface area contributed by atoms with E-state index >= 15 is 0 Å². The van der Waals surface area contributed by atoms with Crippen LogP contribution >= 0.6 is 0 Å². The van der Waals surface area contributed by atoms with Crippen molar-refractivity contribution in [1.29, 1.82) is 0 Å². The van der Waals surface area contributed by atoms with Gasteiger partial charge in [-0.1, -0.05) is 12.2 Å². The molecule has 6 atom stereocenters. The Balaban J connectivity index is 1.60. The van der Waals surface area contributed by atoms with E-state index in [4.69, 9.17) is 4.74 Å². The topological polar surface area (TPSA) is 89.8 Å². The maximum atomic E-state index is 13.1. The smallest absolute Gasteiger partial charge is 0.297 e. The Labute approximate surface area is 143 Å². The number of nitro benzene ring substituents is 1. The number of ether oxygens (including phenoxy) is 1. The van der Waals surface area contributed by atoms with Gasteiger partial charge in [0.05, 0.1) is 29.9 Å². The molecule has 7 nitrogen and oxygen atoms in total. The van der Waals surface area contributed by atoms with E-state index in [9.17, 15) is 19.7 Å². The molecule has 0 N–H and O–H groups in total. The first-order valence-electron chi connectivity index (χ1n) is 8.41. The molecule has 0 spiro atoms. The summed E-state index contributed by atoms with van der Waals surface area (Å²) in [6, 6.07) is 4.22. The number of anilines is 1. The van der Waals surface area contributed by atoms with Crippen molar-refractivity contribution >= 4 is 23.2 Å². The number of nitrogens with zero attached hydrogens (tertiary/aromatic N) is 2. The lowest BCUT2D eigenvalue weighted by Crippen LogP contribution is -2.40. The van der Waals surface area contributed by atoms with Gasteiger partial charge in [-0.2, -0.15) is 0 Å². The van der Waals surface area contributed by atoms with Crippen molar-refractivity contribution in [3.05, 3.63) is 40.5 Å². The molecule has 7 heteroatoms. The van der Waals surface area contributed by atoms with Gasteiger partial charge in [-0.3, -0.25) is 19.7 Å². The minimum Gasteiger partial charge on any atom is -0.496 e. The van der Waals surface area contributed by atoms with Gasteiger partial charge in [-0.05, 0) is 42.2 Å². The Morgan fingerprint density at radius 3 is 2.24 bits per heavy atom. The Hall–Kier alpha value is -2.70. The van der Waals surface area contributed by atoms with Crippen LogP contribution in [0.4, 0.5) is 11.4 Å². The number of rotatable bonds is 3. The molecule has 1 saturated heterocycles. The van der Waals surface area contributed by atoms with Crippen LogP contribution in [0.5, 0.6) is 5.75 Å². The number of nitro groups is 1. The van der Waals surface area contributed by atoms with Gasteiger partial charge in [0.2, 0.25) is 11.8 Å². The second-order valence-electron chi connectivity index (χ2n) is 7.28. The quantitative estimate of drug-likeness (QED) is 0.364. The van der Waals surface area contributed by atoms with Crippen molar-refractivity contribution in [2.45, 2.75) is 6.42 Å². The summed E-state index contributed by atoms with van der Waals surface area (Å²) in [7, 11) is 1.41. The molecule has 2 bridgehead atoms. The number of hydrogen-bond acceptors (Lipinski definition) is 5. The minimum atomic E-state index is -0.579. The summed E-state index contributed by atoms with van der Waals surface area (Å²) in [5, 5.41) is 11.5. The first kappa shape index (κ1) is 14.6. The van der Waals surface area contributed by atoms with Crippen LogP contribution in [0.1, 0.15) is 6.42 Å². The normalized spacial score (nSPS) is 37.1. The van der Waals surface area contributed by atoms with E-state index in [1.165, 1.54) is 25.3 Å². The van der Waals surface area contributed by atoms with Crippen molar-refractivity contribution in [3.8, 4) is 5.75 Å². The van der Waals surface area contributed by atoms with E-state index < -0.39 is 4.92 Å². The summed E-state index contributed by atoms with van der Waals surface area (Å²) >= 11 is 0. The minimum absolute atomic E-state index is 0.0447. The van der Waals surface area contributed by atoms with Crippen molar-refractivity contribution in [1.82, 2.24) is 0 Å². The summed E-state index contributed by atoms with van der Waals surface area (Å²) in [5.74, 6) is 0.173. The first-order valence-corrected chi connectivity index (χ1v) is 8.41. The second-order valence-corrected chi connectivity index (χ2v) is 7.28. The van der Waals surface area contributed by atoms with Crippen LogP contribution in [-0.2, 0) is 9.59 Å². The van der Waals surface area contributed by atoms with Gasteiger partial charge in [-0.25, -0.2) is 4.90 Å². The number of amides is 2. The zero-order valence-corrected chi connectivity index (χ0v) is 13.5. The fraction of sp³-hybridized carbons (Fsp3) is 0.444. The van der Waals surface area contributed by atoms with E-state index in [2.05, 4.69) is 12.2 Å². The van der Waals surface area contributed by atoms with Crippen molar-refractivity contribution in [3.63, 3.8) is 0 Å². The number of carbonyl (C=O) groups excluding carboxylic acids is 2. The largest absolute Gasteiger partial charge is 0.496 e. The number of benzene rings is 1. The third-order valence-electron chi connectivity index (χ3n) is 6.28. The molecule has 1 heterocycles. The van der Waals surface area contributed by atoms with E-state index in [1.807, 2.05) is 0 Å². The van der Waals surface area contributed by atoms with Crippen molar-refractivity contribution < 1.29 is 19.2 Å². The van der Waals surface area contributed by atoms with Gasteiger partial charge < -0.3 is 4.74 Å². The number of allylic oxidation sites excluding steroid dienone is 2. The molecule has 5 aliphatic rings. The van der Waals surface area contributed by atoms with Crippen LogP contribution in [-0.4, -0.2) is 23.8 Å². The fourth-order valence-corrected chi connectivity index (χ4v) is 5.16. The lowest BCUT2D eigenvalue weighted by atomic mass is 9.63. The third kappa shape index (κ3) is 1.75. The summed E-state index contributed by atoms with van der Waals surface area (Å²) in [4.78, 5) is 38.0. The molecule has 0 aromatic heterocycles. The maximum absolute atomic E-state index is 13.1. The SMILES string of the molecule is COc1ccc(N2C(=O)[C@H]3[C@@H]4C=C[C@H]([C@@H]5C[C@H]45)[C@@H]3C2=O)c([N+](=O)[O-])c1. The average molecular weight is 340 g/mol. The molecule has 25 heavy (non-hydrogen) atoms. The lowest BCUT2D eigenvalue weighted by Gasteiger charge is -2.37. The Bertz CT molecular complexity index is 827. The van der Waals surface area contributed by atoms with Crippen LogP contribution in [0.25, 0.3) is 0 Å². The molecular formula is C18H16N2O5. The predicted molar refractivity (Wildman–Crippen MR) is 86.8 cm³/mol. The van der Waals surface area contributed by atoms with E-state index in [0.717, 1.165) is 11.3 Å². The monoisotopic (exact) mass is 340 g/mol. The Morgan fingerprint density at radius 1 is 1.12 bits per heavy atom. The first-order chi connectivity index (χ1) is 12.0. The number of hydrogen-bond donors (Lipinski definition) is 0. The van der Waals surface area contributed by atoms with E-state index in [1.54, 1.807) is 0 Å². The Kier molecular flexibility index (Phi) is 2.74. The summed E-state index contributed by atoms with van der Waals surface area (Å²) in [6.45, 7) is 0. The zero-order valence-electron chi connectivity index (χ0n) is 13.5. The standard InChI is InChI=1S/C18H16N2O5/c1-25-8-2-5-13(14(6-8)20(23)24)19-17(21)15-9-3-4-10(12-7-11(9)12)16(15)18(19)22/h2-6,9-12,15-16H,7H2,1H3/t9-,10-,11-,12+,15+,16+/m1/s1. The molecule has 4 aliphatic carbocycles. The molecule has 2 amide bonds. The maximum Gasteiger partial charge on any atom is 0.297 e. The summed E-state index contributed by atoms with van der Waals surface area (Å²) < 4.78 is 5.03. The lowest BCUT2D eigenvalue weighted by molar-refractivity contribution is -0.384.